The number of rotatable bonds is 11. The van der Waals surface area contributed by atoms with Gasteiger partial charge in [-0.05, 0) is 12.8 Å². The summed E-state index contributed by atoms with van der Waals surface area (Å²) in [7, 11) is 1.58. The van der Waals surface area contributed by atoms with Crippen LogP contribution in [0.2, 0.25) is 0 Å². The first-order valence-electron chi connectivity index (χ1n) is 6.69. The number of carbonyl (C=O) groups excluding carboxylic acids is 1. The molecular weight excluding hydrogens is 262 g/mol. The van der Waals surface area contributed by atoms with Gasteiger partial charge < -0.3 is 20.5 Å². The van der Waals surface area contributed by atoms with Crippen LogP contribution >= 0.6 is 0 Å². The first-order chi connectivity index (χ1) is 9.72. The number of nitrogens with zero attached hydrogens (tertiary/aromatic N) is 2. The van der Waals surface area contributed by atoms with E-state index in [-0.39, 0.29) is 18.6 Å². The lowest BCUT2D eigenvalue weighted by Crippen LogP contribution is -2.25. The van der Waals surface area contributed by atoms with Crippen molar-refractivity contribution in [3.63, 3.8) is 0 Å². The smallest absolute Gasteiger partial charge is 0.245 e. The number of aromatic nitrogens is 3. The van der Waals surface area contributed by atoms with Crippen molar-refractivity contribution >= 4 is 5.91 Å². The van der Waals surface area contributed by atoms with Crippen molar-refractivity contribution in [3.05, 3.63) is 11.9 Å². The second-order valence-corrected chi connectivity index (χ2v) is 4.41. The number of hydrogen-bond acceptors (Lipinski definition) is 6. The fourth-order valence-electron chi connectivity index (χ4n) is 1.53. The Hall–Kier alpha value is -1.51. The van der Waals surface area contributed by atoms with E-state index in [1.807, 2.05) is 0 Å². The van der Waals surface area contributed by atoms with E-state index in [0.29, 0.717) is 26.2 Å². The fourth-order valence-corrected chi connectivity index (χ4v) is 1.53. The predicted molar refractivity (Wildman–Crippen MR) is 73.0 cm³/mol. The van der Waals surface area contributed by atoms with E-state index in [1.165, 1.54) is 0 Å². The molecule has 1 unspecified atom stereocenters. The lowest BCUT2D eigenvalue weighted by molar-refractivity contribution is -0.125. The van der Waals surface area contributed by atoms with Crippen molar-refractivity contribution in [2.24, 2.45) is 5.73 Å². The standard InChI is InChI=1S/C12H23N5O3/c1-14-12(18)9-20-5-2-4-19-6-3-10(13)7-11-8-15-17-16-11/h8,10H,2-7,9,13H2,1H3,(H,14,18)(H,15,16,17). The zero-order chi connectivity index (χ0) is 14.6. The van der Waals surface area contributed by atoms with Crippen LogP contribution in [-0.2, 0) is 20.7 Å². The minimum absolute atomic E-state index is 0.0181. The number of aromatic amines is 1. The Bertz CT molecular complexity index is 358. The molecule has 114 valence electrons. The van der Waals surface area contributed by atoms with Crippen LogP contribution < -0.4 is 11.1 Å². The Morgan fingerprint density at radius 2 is 2.25 bits per heavy atom. The number of nitrogens with two attached hydrogens (primary N) is 1. The van der Waals surface area contributed by atoms with Crippen molar-refractivity contribution in [1.29, 1.82) is 0 Å². The summed E-state index contributed by atoms with van der Waals surface area (Å²) >= 11 is 0. The minimum atomic E-state index is -0.121. The molecule has 8 nitrogen and oxygen atoms in total. The SMILES string of the molecule is CNC(=O)COCCCOCCC(N)Cc1c[nH]nn1. The van der Waals surface area contributed by atoms with Crippen LogP contribution in [0, 0.1) is 0 Å². The molecule has 1 amide bonds. The highest BCUT2D eigenvalue weighted by molar-refractivity contribution is 5.76. The van der Waals surface area contributed by atoms with Gasteiger partial charge in [0.05, 0.1) is 5.69 Å². The van der Waals surface area contributed by atoms with Crippen LogP contribution in [0.5, 0.6) is 0 Å². The monoisotopic (exact) mass is 285 g/mol. The number of hydrogen-bond donors (Lipinski definition) is 3. The Morgan fingerprint density at radius 3 is 2.95 bits per heavy atom. The largest absolute Gasteiger partial charge is 0.381 e. The third-order valence-corrected chi connectivity index (χ3v) is 2.66. The van der Waals surface area contributed by atoms with Gasteiger partial charge >= 0.3 is 0 Å². The van der Waals surface area contributed by atoms with Crippen molar-refractivity contribution in [2.45, 2.75) is 25.3 Å². The van der Waals surface area contributed by atoms with Gasteiger partial charge in [0, 0.05) is 45.5 Å². The van der Waals surface area contributed by atoms with Gasteiger partial charge in [-0.1, -0.05) is 5.21 Å². The predicted octanol–water partition coefficient (Wildman–Crippen LogP) is -0.766. The third-order valence-electron chi connectivity index (χ3n) is 2.66. The van der Waals surface area contributed by atoms with Crippen LogP contribution in [-0.4, -0.2) is 60.8 Å². The topological polar surface area (TPSA) is 115 Å². The molecule has 1 aromatic rings. The molecule has 1 heterocycles. The molecule has 20 heavy (non-hydrogen) atoms. The molecule has 0 aromatic carbocycles. The van der Waals surface area contributed by atoms with Gasteiger partial charge in [-0.3, -0.25) is 9.89 Å². The number of carbonyl (C=O) groups is 1. The number of ether oxygens (including phenoxy) is 2. The molecule has 0 saturated carbocycles. The molecule has 4 N–H and O–H groups in total. The van der Waals surface area contributed by atoms with Crippen LogP contribution in [0.3, 0.4) is 0 Å². The molecule has 1 aromatic heterocycles. The quantitative estimate of drug-likeness (QED) is 0.460. The second kappa shape index (κ2) is 10.3. The van der Waals surface area contributed by atoms with Gasteiger partial charge in [-0.15, -0.1) is 5.10 Å². The highest BCUT2D eigenvalue weighted by atomic mass is 16.5. The molecule has 0 aliphatic heterocycles. The maximum absolute atomic E-state index is 10.9. The highest BCUT2D eigenvalue weighted by Crippen LogP contribution is 1.99. The first kappa shape index (κ1) is 16.5. The first-order valence-corrected chi connectivity index (χ1v) is 6.69. The summed E-state index contributed by atoms with van der Waals surface area (Å²) in [4.78, 5) is 10.9. The summed E-state index contributed by atoms with van der Waals surface area (Å²) in [5.74, 6) is -0.121. The van der Waals surface area contributed by atoms with Crippen molar-refractivity contribution in [3.8, 4) is 0 Å². The van der Waals surface area contributed by atoms with E-state index in [0.717, 1.165) is 18.5 Å². The molecule has 0 fully saturated rings. The highest BCUT2D eigenvalue weighted by Gasteiger charge is 2.06. The Kier molecular flexibility index (Phi) is 8.52. The summed E-state index contributed by atoms with van der Waals surface area (Å²) in [5.41, 5.74) is 6.81. The lowest BCUT2D eigenvalue weighted by atomic mass is 10.1. The van der Waals surface area contributed by atoms with Gasteiger partial charge in [-0.25, -0.2) is 0 Å². The zero-order valence-electron chi connectivity index (χ0n) is 11.8. The van der Waals surface area contributed by atoms with Crippen LogP contribution in [0.1, 0.15) is 18.5 Å². The molecule has 0 aliphatic rings. The van der Waals surface area contributed by atoms with Crippen LogP contribution in [0.15, 0.2) is 6.20 Å². The van der Waals surface area contributed by atoms with Crippen LogP contribution in [0.25, 0.3) is 0 Å². The van der Waals surface area contributed by atoms with Crippen molar-refractivity contribution in [1.82, 2.24) is 20.7 Å². The molecule has 0 aliphatic carbocycles. The molecule has 0 spiro atoms. The van der Waals surface area contributed by atoms with Gasteiger partial charge in [0.25, 0.3) is 0 Å². The zero-order valence-corrected chi connectivity index (χ0v) is 11.8. The number of nitrogens with one attached hydrogen (secondary N) is 2. The van der Waals surface area contributed by atoms with Gasteiger partial charge in [0.2, 0.25) is 5.91 Å². The third kappa shape index (κ3) is 7.82. The van der Waals surface area contributed by atoms with E-state index < -0.39 is 0 Å². The molecule has 1 atom stereocenters. The van der Waals surface area contributed by atoms with Crippen molar-refractivity contribution < 1.29 is 14.3 Å². The maximum atomic E-state index is 10.9. The normalized spacial score (nSPS) is 12.3. The second-order valence-electron chi connectivity index (χ2n) is 4.41. The Balaban J connectivity index is 1.88. The van der Waals surface area contributed by atoms with E-state index in [9.17, 15) is 4.79 Å². The molecule has 1 rings (SSSR count). The van der Waals surface area contributed by atoms with Crippen molar-refractivity contribution in [2.75, 3.05) is 33.5 Å². The molecule has 0 saturated heterocycles. The average Bonchev–Trinajstić information content (AvgIpc) is 2.94. The fraction of sp³-hybridized carbons (Fsp3) is 0.750. The minimum Gasteiger partial charge on any atom is -0.381 e. The molecule has 0 radical (unpaired) electrons. The summed E-state index contributed by atoms with van der Waals surface area (Å²) in [6.45, 7) is 1.82. The summed E-state index contributed by atoms with van der Waals surface area (Å²) in [6, 6.07) is 0.0181. The van der Waals surface area contributed by atoms with E-state index >= 15 is 0 Å². The number of amides is 1. The summed E-state index contributed by atoms with van der Waals surface area (Å²) in [6.07, 6.45) is 3.96. The average molecular weight is 285 g/mol. The van der Waals surface area contributed by atoms with E-state index in [2.05, 4.69) is 20.7 Å². The summed E-state index contributed by atoms with van der Waals surface area (Å²) < 4.78 is 10.6. The van der Waals surface area contributed by atoms with Gasteiger partial charge in [0.1, 0.15) is 6.61 Å². The maximum Gasteiger partial charge on any atom is 0.245 e. The Labute approximate surface area is 118 Å². The molecular formula is C12H23N5O3. The summed E-state index contributed by atoms with van der Waals surface area (Å²) in [5, 5.41) is 12.6. The molecule has 0 bridgehead atoms. The Morgan fingerprint density at radius 1 is 1.45 bits per heavy atom. The molecule has 8 heteroatoms. The van der Waals surface area contributed by atoms with Gasteiger partial charge in [-0.2, -0.15) is 0 Å². The van der Waals surface area contributed by atoms with Crippen LogP contribution in [0.4, 0.5) is 0 Å². The lowest BCUT2D eigenvalue weighted by Gasteiger charge is -2.10. The number of likely N-dealkylation sites (N-methyl/N-ethyl adjacent to an activating group) is 1. The van der Waals surface area contributed by atoms with Gasteiger partial charge in [0.15, 0.2) is 0 Å². The van der Waals surface area contributed by atoms with E-state index in [4.69, 9.17) is 15.2 Å². The van der Waals surface area contributed by atoms with E-state index in [1.54, 1.807) is 13.2 Å². The number of H-pyrrole nitrogens is 1.